The number of benzene rings is 1. The molecule has 136 valence electrons. The molecule has 1 aromatic carbocycles. The summed E-state index contributed by atoms with van der Waals surface area (Å²) in [6.07, 6.45) is 8.74. The molecule has 1 heterocycles. The number of hydrogen-bond donors (Lipinski definition) is 1. The molecule has 25 heavy (non-hydrogen) atoms. The van der Waals surface area contributed by atoms with Gasteiger partial charge in [0.1, 0.15) is 0 Å². The smallest absolute Gasteiger partial charge is 0.227 e. The third-order valence-electron chi connectivity index (χ3n) is 5.75. The normalized spacial score (nSPS) is 22.6. The van der Waals surface area contributed by atoms with Gasteiger partial charge in [-0.3, -0.25) is 9.59 Å². The fourth-order valence-electron chi connectivity index (χ4n) is 3.95. The summed E-state index contributed by atoms with van der Waals surface area (Å²) in [6.45, 7) is 4.62. The number of aryl methyl sites for hydroxylation is 2. The van der Waals surface area contributed by atoms with Crippen molar-refractivity contribution in [2.75, 3.05) is 11.4 Å². The Balaban J connectivity index is 1.61. The van der Waals surface area contributed by atoms with Crippen molar-refractivity contribution in [2.24, 2.45) is 5.92 Å². The van der Waals surface area contributed by atoms with Gasteiger partial charge in [0.15, 0.2) is 0 Å². The first-order valence-electron chi connectivity index (χ1n) is 9.72. The molecule has 0 spiro atoms. The van der Waals surface area contributed by atoms with E-state index in [2.05, 4.69) is 19.2 Å². The van der Waals surface area contributed by atoms with Crippen LogP contribution >= 0.6 is 0 Å². The zero-order valence-electron chi connectivity index (χ0n) is 15.5. The summed E-state index contributed by atoms with van der Waals surface area (Å²) >= 11 is 0. The standard InChI is InChI=1S/C21H30N2O2/c1-15-10-11-19(12-16(15)2)23-14-17(13-20(23)24)21(25)22-18-8-6-4-3-5-7-9-18/h10-12,17-18H,3-9,13-14H2,1-2H3,(H,22,25)/t17-/m0/s1. The third-order valence-corrected chi connectivity index (χ3v) is 5.75. The molecule has 1 aromatic rings. The molecule has 4 nitrogen and oxygen atoms in total. The maximum absolute atomic E-state index is 12.7. The van der Waals surface area contributed by atoms with Crippen molar-refractivity contribution in [3.63, 3.8) is 0 Å². The molecule has 0 unspecified atom stereocenters. The van der Waals surface area contributed by atoms with Crippen LogP contribution in [0.4, 0.5) is 5.69 Å². The molecule has 1 aliphatic carbocycles. The monoisotopic (exact) mass is 342 g/mol. The highest BCUT2D eigenvalue weighted by molar-refractivity contribution is 6.00. The number of carbonyl (C=O) groups excluding carboxylic acids is 2. The number of nitrogens with one attached hydrogen (secondary N) is 1. The maximum Gasteiger partial charge on any atom is 0.227 e. The van der Waals surface area contributed by atoms with Crippen LogP contribution in [0, 0.1) is 19.8 Å². The van der Waals surface area contributed by atoms with Crippen LogP contribution in [0.15, 0.2) is 18.2 Å². The van der Waals surface area contributed by atoms with E-state index in [-0.39, 0.29) is 17.7 Å². The Bertz CT molecular complexity index is 633. The van der Waals surface area contributed by atoms with Gasteiger partial charge in [-0.2, -0.15) is 0 Å². The molecule has 2 aliphatic rings. The zero-order valence-corrected chi connectivity index (χ0v) is 15.5. The summed E-state index contributed by atoms with van der Waals surface area (Å²) in [5, 5.41) is 3.22. The minimum absolute atomic E-state index is 0.0565. The molecule has 0 bridgehead atoms. The van der Waals surface area contributed by atoms with Gasteiger partial charge in [0.25, 0.3) is 0 Å². The lowest BCUT2D eigenvalue weighted by Gasteiger charge is -2.23. The second-order valence-corrected chi connectivity index (χ2v) is 7.72. The summed E-state index contributed by atoms with van der Waals surface area (Å²) < 4.78 is 0. The Morgan fingerprint density at radius 1 is 1.04 bits per heavy atom. The Labute approximate surface area is 151 Å². The van der Waals surface area contributed by atoms with Crippen molar-refractivity contribution in [3.05, 3.63) is 29.3 Å². The maximum atomic E-state index is 12.7. The third kappa shape index (κ3) is 4.42. The topological polar surface area (TPSA) is 49.4 Å². The second kappa shape index (κ2) is 8.03. The van der Waals surface area contributed by atoms with E-state index in [1.807, 2.05) is 18.2 Å². The highest BCUT2D eigenvalue weighted by atomic mass is 16.2. The van der Waals surface area contributed by atoms with E-state index in [0.717, 1.165) is 18.5 Å². The fraction of sp³-hybridized carbons (Fsp3) is 0.619. The SMILES string of the molecule is Cc1ccc(N2C[C@@H](C(=O)NC3CCCCCCC3)CC2=O)cc1C. The van der Waals surface area contributed by atoms with Crippen molar-refractivity contribution >= 4 is 17.5 Å². The quantitative estimate of drug-likeness (QED) is 0.906. The van der Waals surface area contributed by atoms with Crippen molar-refractivity contribution < 1.29 is 9.59 Å². The molecular formula is C21H30N2O2. The fourth-order valence-corrected chi connectivity index (χ4v) is 3.95. The Morgan fingerprint density at radius 3 is 2.40 bits per heavy atom. The van der Waals surface area contributed by atoms with Gasteiger partial charge in [-0.05, 0) is 49.9 Å². The first kappa shape index (κ1) is 18.0. The Morgan fingerprint density at radius 2 is 1.72 bits per heavy atom. The number of anilines is 1. The van der Waals surface area contributed by atoms with Crippen molar-refractivity contribution in [2.45, 2.75) is 71.3 Å². The lowest BCUT2D eigenvalue weighted by molar-refractivity contribution is -0.127. The molecule has 0 aromatic heterocycles. The highest BCUT2D eigenvalue weighted by Crippen LogP contribution is 2.27. The highest BCUT2D eigenvalue weighted by Gasteiger charge is 2.35. The van der Waals surface area contributed by atoms with Gasteiger partial charge < -0.3 is 10.2 Å². The van der Waals surface area contributed by atoms with Crippen molar-refractivity contribution in [1.29, 1.82) is 0 Å². The lowest BCUT2D eigenvalue weighted by Crippen LogP contribution is -2.40. The molecular weight excluding hydrogens is 312 g/mol. The first-order valence-corrected chi connectivity index (χ1v) is 9.72. The van der Waals surface area contributed by atoms with Crippen LogP contribution in [-0.2, 0) is 9.59 Å². The van der Waals surface area contributed by atoms with Gasteiger partial charge in [0.05, 0.1) is 5.92 Å². The summed E-state index contributed by atoms with van der Waals surface area (Å²) in [5.41, 5.74) is 3.30. The molecule has 0 radical (unpaired) electrons. The average molecular weight is 342 g/mol. The molecule has 1 atom stereocenters. The number of hydrogen-bond acceptors (Lipinski definition) is 2. The van der Waals surface area contributed by atoms with Crippen LogP contribution in [0.2, 0.25) is 0 Å². The summed E-state index contributed by atoms with van der Waals surface area (Å²) in [7, 11) is 0. The van der Waals surface area contributed by atoms with E-state index in [1.54, 1.807) is 4.90 Å². The lowest BCUT2D eigenvalue weighted by atomic mass is 9.96. The van der Waals surface area contributed by atoms with Crippen LogP contribution < -0.4 is 10.2 Å². The van der Waals surface area contributed by atoms with Crippen molar-refractivity contribution in [3.8, 4) is 0 Å². The van der Waals surface area contributed by atoms with Gasteiger partial charge in [-0.25, -0.2) is 0 Å². The number of carbonyl (C=O) groups is 2. The van der Waals surface area contributed by atoms with E-state index in [9.17, 15) is 9.59 Å². The van der Waals surface area contributed by atoms with Gasteiger partial charge in [0.2, 0.25) is 11.8 Å². The first-order chi connectivity index (χ1) is 12.0. The van der Waals surface area contributed by atoms with E-state index >= 15 is 0 Å². The minimum Gasteiger partial charge on any atom is -0.353 e. The molecule has 1 N–H and O–H groups in total. The van der Waals surface area contributed by atoms with Crippen LogP contribution in [-0.4, -0.2) is 24.4 Å². The molecule has 1 aliphatic heterocycles. The number of rotatable bonds is 3. The summed E-state index contributed by atoms with van der Waals surface area (Å²) in [4.78, 5) is 26.9. The van der Waals surface area contributed by atoms with Gasteiger partial charge in [0, 0.05) is 24.7 Å². The molecule has 1 saturated heterocycles. The van der Waals surface area contributed by atoms with Crippen LogP contribution in [0.3, 0.4) is 0 Å². The van der Waals surface area contributed by atoms with Crippen LogP contribution in [0.1, 0.15) is 62.5 Å². The molecule has 2 fully saturated rings. The van der Waals surface area contributed by atoms with Gasteiger partial charge in [-0.1, -0.05) is 38.2 Å². The second-order valence-electron chi connectivity index (χ2n) is 7.72. The van der Waals surface area contributed by atoms with E-state index in [4.69, 9.17) is 0 Å². The van der Waals surface area contributed by atoms with Crippen LogP contribution in [0.5, 0.6) is 0 Å². The Hall–Kier alpha value is -1.84. The minimum atomic E-state index is -0.223. The largest absolute Gasteiger partial charge is 0.353 e. The number of amides is 2. The molecule has 2 amide bonds. The summed E-state index contributed by atoms with van der Waals surface area (Å²) in [6, 6.07) is 6.36. The molecule has 4 heteroatoms. The average Bonchev–Trinajstić information content (AvgIpc) is 2.94. The molecule has 1 saturated carbocycles. The van der Waals surface area contributed by atoms with Crippen LogP contribution in [0.25, 0.3) is 0 Å². The van der Waals surface area contributed by atoms with Crippen molar-refractivity contribution in [1.82, 2.24) is 5.32 Å². The zero-order chi connectivity index (χ0) is 17.8. The summed E-state index contributed by atoms with van der Waals surface area (Å²) in [5.74, 6) is -0.106. The van der Waals surface area contributed by atoms with E-state index in [1.165, 1.54) is 43.2 Å². The van der Waals surface area contributed by atoms with E-state index < -0.39 is 0 Å². The predicted octanol–water partition coefficient (Wildman–Crippen LogP) is 3.89. The predicted molar refractivity (Wildman–Crippen MR) is 101 cm³/mol. The number of nitrogens with zero attached hydrogens (tertiary/aromatic N) is 1. The van der Waals surface area contributed by atoms with E-state index in [0.29, 0.717) is 19.0 Å². The van der Waals surface area contributed by atoms with Gasteiger partial charge >= 0.3 is 0 Å². The van der Waals surface area contributed by atoms with Gasteiger partial charge in [-0.15, -0.1) is 0 Å². The molecule has 3 rings (SSSR count). The Kier molecular flexibility index (Phi) is 5.77.